The number of hydrogen-bond donors (Lipinski definition) is 5. The number of amides is 1. The maximum Gasteiger partial charge on any atom is 0.356 e. The highest BCUT2D eigenvalue weighted by atomic mass is 35.5. The average Bonchev–Trinajstić information content (AvgIpc) is 2.31. The van der Waals surface area contributed by atoms with Crippen LogP contribution < -0.4 is 12.3 Å². The smallest absolute Gasteiger partial charge is 0.344 e. The first-order valence-electron chi connectivity index (χ1n) is 5.31. The molecule has 0 saturated carbocycles. The van der Waals surface area contributed by atoms with E-state index in [4.69, 9.17) is 23.2 Å². The number of hydrogen-bond acceptors (Lipinski definition) is 5. The number of rotatable bonds is 4. The van der Waals surface area contributed by atoms with Crippen molar-refractivity contribution in [2.45, 2.75) is 6.92 Å². The molecule has 0 spiro atoms. The molecule has 1 aromatic carbocycles. The van der Waals surface area contributed by atoms with E-state index in [0.717, 1.165) is 13.0 Å². The number of benzene rings is 1. The van der Waals surface area contributed by atoms with Crippen LogP contribution in [0.25, 0.3) is 5.31 Å². The Labute approximate surface area is 137 Å². The second kappa shape index (κ2) is 9.24. The Hall–Kier alpha value is -0.960. The number of nitrogens with zero attached hydrogens (tertiary/aromatic N) is 1. The van der Waals surface area contributed by atoms with Crippen molar-refractivity contribution in [1.29, 1.82) is 0 Å². The summed E-state index contributed by atoms with van der Waals surface area (Å²) >= 11 is 11.5. The van der Waals surface area contributed by atoms with Crippen molar-refractivity contribution < 1.29 is 24.4 Å². The molecular weight excluding hydrogens is 356 g/mol. The molecule has 0 aliphatic carbocycles. The summed E-state index contributed by atoms with van der Waals surface area (Å²) in [6.45, 7) is 0.750. The van der Waals surface area contributed by atoms with Crippen LogP contribution in [0, 0.1) is 0 Å². The Kier molecular flexibility index (Phi) is 9.79. The van der Waals surface area contributed by atoms with Gasteiger partial charge in [0.05, 0.1) is 21.9 Å². The Morgan fingerprint density at radius 3 is 2.23 bits per heavy atom. The first-order chi connectivity index (χ1) is 9.12. The predicted molar refractivity (Wildman–Crippen MR) is 85.7 cm³/mol. The second-order valence-corrected chi connectivity index (χ2v) is 6.25. The fourth-order valence-electron chi connectivity index (χ4n) is 1.36. The van der Waals surface area contributed by atoms with Crippen LogP contribution in [0.5, 0.6) is 0 Å². The Morgan fingerprint density at radius 1 is 1.27 bits per heavy atom. The van der Waals surface area contributed by atoms with Gasteiger partial charge in [0.1, 0.15) is 0 Å². The molecule has 11 heteroatoms. The van der Waals surface area contributed by atoms with E-state index >= 15 is 0 Å². The molecule has 126 valence electrons. The van der Waals surface area contributed by atoms with E-state index in [1.54, 1.807) is 0 Å². The van der Waals surface area contributed by atoms with E-state index in [1.165, 1.54) is 18.2 Å². The van der Waals surface area contributed by atoms with Crippen LogP contribution in [0.2, 0.25) is 10.0 Å². The lowest BCUT2D eigenvalue weighted by Gasteiger charge is -2.14. The minimum absolute atomic E-state index is 0. The zero-order valence-electron chi connectivity index (χ0n) is 11.7. The normalized spacial score (nSPS) is 11.3. The molecule has 1 amide bonds. The second-order valence-electron chi connectivity index (χ2n) is 3.86. The van der Waals surface area contributed by atoms with Crippen LogP contribution in [0.3, 0.4) is 0 Å². The molecule has 0 aromatic heterocycles. The summed E-state index contributed by atoms with van der Waals surface area (Å²) in [6.07, 6.45) is 1.06. The highest BCUT2D eigenvalue weighted by Gasteiger charge is 2.23. The lowest BCUT2D eigenvalue weighted by molar-refractivity contribution is -0.160. The standard InChI is InChI=1S/C11H12Cl2NO5P.2H3N/c1-7(15)14(16)5-4-11(20(17,18)19)8-2-3-9(12)10(13)6-8;;/h2-4,6,16H,5H2,1H3,(H2,17,18,19);2*1H3/b11-4+;;. The third-order valence-corrected chi connectivity index (χ3v) is 4.16. The summed E-state index contributed by atoms with van der Waals surface area (Å²) in [6, 6.07) is 4.07. The van der Waals surface area contributed by atoms with Crippen LogP contribution in [0.4, 0.5) is 0 Å². The van der Waals surface area contributed by atoms with Crippen LogP contribution >= 0.6 is 30.8 Å². The van der Waals surface area contributed by atoms with Crippen molar-refractivity contribution in [3.8, 4) is 0 Å². The average molecular weight is 374 g/mol. The highest BCUT2D eigenvalue weighted by molar-refractivity contribution is 7.63. The molecule has 8 nitrogen and oxygen atoms in total. The van der Waals surface area contributed by atoms with Gasteiger partial charge in [0.2, 0.25) is 5.91 Å². The van der Waals surface area contributed by atoms with Gasteiger partial charge < -0.3 is 22.1 Å². The Morgan fingerprint density at radius 2 is 1.82 bits per heavy atom. The number of carbonyl (C=O) groups is 1. The molecule has 0 radical (unpaired) electrons. The van der Waals surface area contributed by atoms with Gasteiger partial charge in [-0.05, 0) is 23.8 Å². The fraction of sp³-hybridized carbons (Fsp3) is 0.182. The van der Waals surface area contributed by atoms with E-state index in [9.17, 15) is 24.4 Å². The molecule has 0 aliphatic rings. The maximum atomic E-state index is 11.5. The van der Waals surface area contributed by atoms with Gasteiger partial charge >= 0.3 is 7.60 Å². The maximum absolute atomic E-state index is 11.5. The highest BCUT2D eigenvalue weighted by Crippen LogP contribution is 2.51. The zero-order valence-corrected chi connectivity index (χ0v) is 14.1. The summed E-state index contributed by atoms with van der Waals surface area (Å²) in [4.78, 5) is 29.5. The van der Waals surface area contributed by atoms with Crippen LogP contribution in [0.1, 0.15) is 12.5 Å². The SMILES string of the molecule is CC(=O)N(O)C/C=C(\c1ccc(Cl)c(Cl)c1)P(=O)(O)O.N.N. The van der Waals surface area contributed by atoms with Gasteiger partial charge in [0.25, 0.3) is 0 Å². The quantitative estimate of drug-likeness (QED) is 0.306. The van der Waals surface area contributed by atoms with Crippen molar-refractivity contribution in [1.82, 2.24) is 17.4 Å². The summed E-state index contributed by atoms with van der Waals surface area (Å²) in [5, 5.41) is 9.58. The minimum Gasteiger partial charge on any atom is -0.344 e. The van der Waals surface area contributed by atoms with Crippen molar-refractivity contribution in [2.75, 3.05) is 6.54 Å². The number of carbonyl (C=O) groups excluding carboxylic acids is 1. The topological polar surface area (TPSA) is 168 Å². The molecule has 0 heterocycles. The predicted octanol–water partition coefficient (Wildman–Crippen LogP) is 3.07. The summed E-state index contributed by atoms with van der Waals surface area (Å²) in [5.41, 5.74) is 0.157. The van der Waals surface area contributed by atoms with E-state index in [0.29, 0.717) is 5.06 Å². The molecule has 0 aliphatic heterocycles. The summed E-state index contributed by atoms with van der Waals surface area (Å²) in [5.74, 6) is -0.652. The lowest BCUT2D eigenvalue weighted by atomic mass is 10.2. The first-order valence-corrected chi connectivity index (χ1v) is 7.68. The minimum atomic E-state index is -4.61. The van der Waals surface area contributed by atoms with Crippen LogP contribution in [-0.4, -0.2) is 32.5 Å². The summed E-state index contributed by atoms with van der Waals surface area (Å²) < 4.78 is 11.5. The number of halogens is 2. The van der Waals surface area contributed by atoms with Crippen LogP contribution in [0.15, 0.2) is 24.3 Å². The molecule has 9 N–H and O–H groups in total. The Balaban J connectivity index is 0. The van der Waals surface area contributed by atoms with Crippen molar-refractivity contribution in [2.24, 2.45) is 0 Å². The molecule has 0 saturated heterocycles. The monoisotopic (exact) mass is 373 g/mol. The molecule has 0 fully saturated rings. The molecule has 1 aromatic rings. The van der Waals surface area contributed by atoms with Gasteiger partial charge in [0.15, 0.2) is 0 Å². The number of hydroxylamine groups is 2. The van der Waals surface area contributed by atoms with Gasteiger partial charge in [-0.3, -0.25) is 14.6 Å². The van der Waals surface area contributed by atoms with Crippen molar-refractivity contribution in [3.05, 3.63) is 39.9 Å². The molecule has 22 heavy (non-hydrogen) atoms. The molecule has 1 rings (SSSR count). The van der Waals surface area contributed by atoms with Gasteiger partial charge in [-0.2, -0.15) is 0 Å². The van der Waals surface area contributed by atoms with Crippen LogP contribution in [-0.2, 0) is 9.36 Å². The van der Waals surface area contributed by atoms with Crippen molar-refractivity contribution in [3.63, 3.8) is 0 Å². The van der Waals surface area contributed by atoms with Gasteiger partial charge in [-0.15, -0.1) is 0 Å². The largest absolute Gasteiger partial charge is 0.356 e. The van der Waals surface area contributed by atoms with E-state index in [2.05, 4.69) is 0 Å². The summed E-state index contributed by atoms with van der Waals surface area (Å²) in [7, 11) is -4.61. The molecule has 0 atom stereocenters. The van der Waals surface area contributed by atoms with E-state index in [1.807, 2.05) is 0 Å². The van der Waals surface area contributed by atoms with Gasteiger partial charge in [-0.1, -0.05) is 29.3 Å². The van der Waals surface area contributed by atoms with Gasteiger partial charge in [0, 0.05) is 6.92 Å². The lowest BCUT2D eigenvalue weighted by Crippen LogP contribution is -2.24. The fourth-order valence-corrected chi connectivity index (χ4v) is 2.45. The molecule has 0 bridgehead atoms. The van der Waals surface area contributed by atoms with Crippen molar-refractivity contribution >= 4 is 42.0 Å². The molecular formula is C11H18Cl2N3O5P. The van der Waals surface area contributed by atoms with E-state index in [-0.39, 0.29) is 39.8 Å². The van der Waals surface area contributed by atoms with E-state index < -0.39 is 13.5 Å². The third kappa shape index (κ3) is 6.43. The Bertz CT molecular complexity index is 605. The van der Waals surface area contributed by atoms with Gasteiger partial charge in [-0.25, -0.2) is 5.06 Å². The first kappa shape index (κ1) is 23.3. The molecule has 0 unspecified atom stereocenters. The third-order valence-electron chi connectivity index (χ3n) is 2.35. The zero-order chi connectivity index (χ0) is 15.5.